The maximum Gasteiger partial charge on any atom is 0.147 e. The van der Waals surface area contributed by atoms with Gasteiger partial charge in [0.25, 0.3) is 0 Å². The van der Waals surface area contributed by atoms with E-state index in [0.29, 0.717) is 0 Å². The summed E-state index contributed by atoms with van der Waals surface area (Å²) < 4.78 is 0. The molecule has 4 heterocycles. The van der Waals surface area contributed by atoms with Crippen LogP contribution < -0.4 is 4.90 Å². The van der Waals surface area contributed by atoms with Crippen LogP contribution in [0.5, 0.6) is 0 Å². The molecule has 0 aliphatic carbocycles. The number of pyridine rings is 2. The van der Waals surface area contributed by atoms with Crippen molar-refractivity contribution in [1.29, 1.82) is 0 Å². The van der Waals surface area contributed by atoms with E-state index in [1.54, 1.807) is 11.8 Å². The molecule has 0 N–H and O–H groups in total. The number of anilines is 2. The summed E-state index contributed by atoms with van der Waals surface area (Å²) in [7, 11) is 0. The van der Waals surface area contributed by atoms with Gasteiger partial charge in [0, 0.05) is 30.4 Å². The Labute approximate surface area is 135 Å². The van der Waals surface area contributed by atoms with Gasteiger partial charge in [-0.25, -0.2) is 4.98 Å². The summed E-state index contributed by atoms with van der Waals surface area (Å²) in [4.78, 5) is 16.4. The number of aromatic nitrogens is 2. The van der Waals surface area contributed by atoms with Gasteiger partial charge in [0.05, 0.1) is 16.8 Å². The fourth-order valence-electron chi connectivity index (χ4n) is 3.21. The number of piperidine rings is 1. The predicted molar refractivity (Wildman–Crippen MR) is 89.9 cm³/mol. The quantitative estimate of drug-likeness (QED) is 0.865. The zero-order chi connectivity index (χ0) is 14.8. The van der Waals surface area contributed by atoms with Gasteiger partial charge in [-0.05, 0) is 44.1 Å². The molecule has 22 heavy (non-hydrogen) atoms. The van der Waals surface area contributed by atoms with E-state index in [1.807, 2.05) is 24.7 Å². The first-order chi connectivity index (χ1) is 10.9. The van der Waals surface area contributed by atoms with E-state index in [-0.39, 0.29) is 0 Å². The minimum Gasteiger partial charge on any atom is -0.322 e. The molecule has 0 bridgehead atoms. The van der Waals surface area contributed by atoms with Crippen LogP contribution >= 0.6 is 11.8 Å². The van der Waals surface area contributed by atoms with Crippen molar-refractivity contribution in [3.05, 3.63) is 36.8 Å². The minimum absolute atomic E-state index is 0.975. The molecule has 0 atom stereocenters. The van der Waals surface area contributed by atoms with Gasteiger partial charge >= 0.3 is 0 Å². The van der Waals surface area contributed by atoms with Crippen molar-refractivity contribution in [3.8, 4) is 0 Å². The van der Waals surface area contributed by atoms with Crippen molar-refractivity contribution in [2.24, 2.45) is 0 Å². The van der Waals surface area contributed by atoms with Crippen LogP contribution in [0, 0.1) is 0 Å². The van der Waals surface area contributed by atoms with Crippen LogP contribution in [0.1, 0.15) is 19.3 Å². The third kappa shape index (κ3) is 2.71. The molecular weight excluding hydrogens is 292 g/mol. The van der Waals surface area contributed by atoms with E-state index in [2.05, 4.69) is 31.9 Å². The summed E-state index contributed by atoms with van der Waals surface area (Å²) in [5.74, 6) is 1.07. The second-order valence-electron chi connectivity index (χ2n) is 5.82. The fourth-order valence-corrected chi connectivity index (χ4v) is 4.24. The SMILES string of the molecule is c1cnc2c(c1)Sc1ccncc1N2CCN1CCCCC1. The molecule has 4 nitrogen and oxygen atoms in total. The Morgan fingerprint density at radius 3 is 2.82 bits per heavy atom. The Kier molecular flexibility index (Phi) is 3.99. The van der Waals surface area contributed by atoms with Crippen LogP contribution in [-0.2, 0) is 0 Å². The molecule has 1 fully saturated rings. The van der Waals surface area contributed by atoms with Crippen molar-refractivity contribution in [2.75, 3.05) is 31.1 Å². The summed E-state index contributed by atoms with van der Waals surface area (Å²) in [6.07, 6.45) is 9.78. The number of nitrogens with zero attached hydrogens (tertiary/aromatic N) is 4. The van der Waals surface area contributed by atoms with E-state index in [4.69, 9.17) is 0 Å². The van der Waals surface area contributed by atoms with E-state index >= 15 is 0 Å². The predicted octanol–water partition coefficient (Wildman–Crippen LogP) is 3.57. The normalized spacial score (nSPS) is 17.9. The van der Waals surface area contributed by atoms with E-state index in [0.717, 1.165) is 18.9 Å². The van der Waals surface area contributed by atoms with Crippen LogP contribution in [0.3, 0.4) is 0 Å². The zero-order valence-electron chi connectivity index (χ0n) is 12.6. The summed E-state index contributed by atoms with van der Waals surface area (Å²) in [6, 6.07) is 6.27. The van der Waals surface area contributed by atoms with Gasteiger partial charge in [0.1, 0.15) is 5.82 Å². The lowest BCUT2D eigenvalue weighted by Gasteiger charge is -2.34. The van der Waals surface area contributed by atoms with Crippen LogP contribution in [0.25, 0.3) is 0 Å². The third-order valence-corrected chi connectivity index (χ3v) is 5.47. The van der Waals surface area contributed by atoms with Crippen molar-refractivity contribution < 1.29 is 0 Å². The second kappa shape index (κ2) is 6.26. The average molecular weight is 312 g/mol. The highest BCUT2D eigenvalue weighted by Crippen LogP contribution is 2.46. The summed E-state index contributed by atoms with van der Waals surface area (Å²) in [5.41, 5.74) is 1.19. The number of rotatable bonds is 3. The average Bonchev–Trinajstić information content (AvgIpc) is 2.59. The lowest BCUT2D eigenvalue weighted by Crippen LogP contribution is -2.37. The monoisotopic (exact) mass is 312 g/mol. The molecule has 2 aromatic heterocycles. The Hall–Kier alpha value is -1.59. The van der Waals surface area contributed by atoms with Gasteiger partial charge in [-0.2, -0.15) is 0 Å². The molecule has 4 rings (SSSR count). The maximum absolute atomic E-state index is 4.62. The first kappa shape index (κ1) is 14.0. The molecule has 114 valence electrons. The topological polar surface area (TPSA) is 32.3 Å². The fraction of sp³-hybridized carbons (Fsp3) is 0.412. The molecule has 0 amide bonds. The van der Waals surface area contributed by atoms with Crippen molar-refractivity contribution >= 4 is 23.3 Å². The Balaban J connectivity index is 1.60. The molecule has 2 aromatic rings. The minimum atomic E-state index is 0.975. The molecular formula is C17H20N4S. The van der Waals surface area contributed by atoms with Crippen LogP contribution in [-0.4, -0.2) is 41.0 Å². The van der Waals surface area contributed by atoms with Crippen molar-refractivity contribution in [2.45, 2.75) is 29.1 Å². The first-order valence-electron chi connectivity index (χ1n) is 7.98. The van der Waals surface area contributed by atoms with Gasteiger partial charge < -0.3 is 9.80 Å². The van der Waals surface area contributed by atoms with E-state index < -0.39 is 0 Å². The van der Waals surface area contributed by atoms with Crippen molar-refractivity contribution in [3.63, 3.8) is 0 Å². The molecule has 0 aromatic carbocycles. The molecule has 0 radical (unpaired) electrons. The molecule has 1 saturated heterocycles. The number of likely N-dealkylation sites (tertiary alicyclic amines) is 1. The third-order valence-electron chi connectivity index (χ3n) is 4.37. The largest absolute Gasteiger partial charge is 0.322 e. The lowest BCUT2D eigenvalue weighted by molar-refractivity contribution is 0.234. The van der Waals surface area contributed by atoms with Gasteiger partial charge in [-0.1, -0.05) is 18.2 Å². The second-order valence-corrected chi connectivity index (χ2v) is 6.91. The van der Waals surface area contributed by atoms with Crippen LogP contribution in [0.15, 0.2) is 46.6 Å². The Morgan fingerprint density at radius 2 is 1.91 bits per heavy atom. The van der Waals surface area contributed by atoms with Gasteiger partial charge in [0.15, 0.2) is 0 Å². The van der Waals surface area contributed by atoms with Crippen LogP contribution in [0.2, 0.25) is 0 Å². The van der Waals surface area contributed by atoms with Gasteiger partial charge in [-0.3, -0.25) is 4.98 Å². The van der Waals surface area contributed by atoms with Gasteiger partial charge in [0.2, 0.25) is 0 Å². The molecule has 0 saturated carbocycles. The highest BCUT2D eigenvalue weighted by molar-refractivity contribution is 7.99. The molecule has 0 spiro atoms. The van der Waals surface area contributed by atoms with E-state index in [9.17, 15) is 0 Å². The molecule has 0 unspecified atom stereocenters. The highest BCUT2D eigenvalue weighted by atomic mass is 32.2. The Morgan fingerprint density at radius 1 is 1.00 bits per heavy atom. The van der Waals surface area contributed by atoms with E-state index in [1.165, 1.54) is 47.8 Å². The number of fused-ring (bicyclic) bond motifs is 2. The summed E-state index contributed by atoms with van der Waals surface area (Å²) in [6.45, 7) is 4.54. The van der Waals surface area contributed by atoms with Crippen molar-refractivity contribution in [1.82, 2.24) is 14.9 Å². The van der Waals surface area contributed by atoms with Gasteiger partial charge in [-0.15, -0.1) is 0 Å². The highest BCUT2D eigenvalue weighted by Gasteiger charge is 2.25. The maximum atomic E-state index is 4.62. The summed E-state index contributed by atoms with van der Waals surface area (Å²) in [5, 5.41) is 0. The number of hydrogen-bond donors (Lipinski definition) is 0. The lowest BCUT2D eigenvalue weighted by atomic mass is 10.1. The van der Waals surface area contributed by atoms with Crippen LogP contribution in [0.4, 0.5) is 11.5 Å². The molecule has 5 heteroatoms. The number of hydrogen-bond acceptors (Lipinski definition) is 5. The zero-order valence-corrected chi connectivity index (χ0v) is 13.4. The Bertz CT molecular complexity index is 609. The standard InChI is InChI=1S/C17H20N4S/c1-2-9-20(10-3-1)11-12-21-14-13-18-8-6-15(14)22-16-5-4-7-19-17(16)21/h4-8,13H,1-3,9-12H2. The summed E-state index contributed by atoms with van der Waals surface area (Å²) >= 11 is 1.79. The molecule has 2 aliphatic heterocycles. The smallest absolute Gasteiger partial charge is 0.147 e. The first-order valence-corrected chi connectivity index (χ1v) is 8.80. The molecule has 2 aliphatic rings.